The normalized spacial score (nSPS) is 6.22. The Labute approximate surface area is 75.5 Å². The van der Waals surface area contributed by atoms with Gasteiger partial charge in [-0.2, -0.15) is 12.6 Å². The minimum Gasteiger partial charge on any atom is -0.330 e. The first-order valence-corrected chi connectivity index (χ1v) is 3.54. The lowest BCUT2D eigenvalue weighted by Gasteiger charge is -1.69. The fraction of sp³-hybridized carbons (Fsp3) is 0.750. The highest BCUT2D eigenvalue weighted by atomic mass is 79.9. The van der Waals surface area contributed by atoms with Crippen LogP contribution in [0.2, 0.25) is 0 Å². The molecule has 0 aliphatic heterocycles. The Kier molecular flexibility index (Phi) is 28.9. The summed E-state index contributed by atoms with van der Waals surface area (Å²) in [4.78, 5) is 9.36. The molecule has 0 rings (SSSR count). The third-order valence-corrected chi connectivity index (χ3v) is 0.387. The van der Waals surface area contributed by atoms with Gasteiger partial charge in [0, 0.05) is 19.2 Å². The van der Waals surface area contributed by atoms with Gasteiger partial charge in [0.1, 0.15) is 0 Å². The van der Waals surface area contributed by atoms with Gasteiger partial charge in [-0.3, -0.25) is 4.79 Å². The molecule has 0 amide bonds. The van der Waals surface area contributed by atoms with Gasteiger partial charge in [0.25, 0.3) is 0 Å². The number of carbonyl (C=O) groups excluding carboxylic acids is 1. The lowest BCUT2D eigenvalue weighted by molar-refractivity contribution is -0.108. The Balaban J connectivity index is -0.0000000720. The van der Waals surface area contributed by atoms with E-state index in [2.05, 4.69) is 28.6 Å². The van der Waals surface area contributed by atoms with E-state index in [-0.39, 0.29) is 17.1 Å². The van der Waals surface area contributed by atoms with E-state index in [1.165, 1.54) is 6.92 Å². The van der Waals surface area contributed by atoms with Crippen molar-refractivity contribution in [3.63, 3.8) is 0 Å². The third kappa shape index (κ3) is 130. The molecule has 2 nitrogen and oxygen atoms in total. The molecular formula is C4H11BrClNOS. The van der Waals surface area contributed by atoms with Crippen molar-refractivity contribution in [3.8, 4) is 0 Å². The maximum Gasteiger partial charge on any atom is 0.194 e. The standard InChI is InChI=1S/C2H3BrO.C2H7NS.ClH/c1-2(3)4;3-1-2-4;/h1H3;4H,1-3H2;1H. The molecule has 0 atom stereocenters. The molecule has 0 aromatic carbocycles. The van der Waals surface area contributed by atoms with E-state index >= 15 is 0 Å². The Hall–Kier alpha value is 0.750. The van der Waals surface area contributed by atoms with Crippen molar-refractivity contribution in [2.75, 3.05) is 12.3 Å². The smallest absolute Gasteiger partial charge is 0.194 e. The van der Waals surface area contributed by atoms with Gasteiger partial charge < -0.3 is 5.73 Å². The van der Waals surface area contributed by atoms with E-state index in [0.717, 1.165) is 5.75 Å². The van der Waals surface area contributed by atoms with Crippen LogP contribution in [0.25, 0.3) is 0 Å². The summed E-state index contributed by atoms with van der Waals surface area (Å²) in [5.74, 6) is 0.792. The van der Waals surface area contributed by atoms with Crippen molar-refractivity contribution in [1.29, 1.82) is 0 Å². The Morgan fingerprint density at radius 3 is 1.89 bits per heavy atom. The summed E-state index contributed by atoms with van der Waals surface area (Å²) in [7, 11) is 0. The Morgan fingerprint density at radius 2 is 1.89 bits per heavy atom. The summed E-state index contributed by atoms with van der Waals surface area (Å²) in [5, 5.41) is 0. The summed E-state index contributed by atoms with van der Waals surface area (Å²) in [6.07, 6.45) is 0. The zero-order chi connectivity index (χ0) is 6.99. The van der Waals surface area contributed by atoms with Crippen molar-refractivity contribution >= 4 is 45.7 Å². The maximum atomic E-state index is 9.36. The number of halogens is 2. The van der Waals surface area contributed by atoms with Crippen LogP contribution in [-0.4, -0.2) is 17.0 Å². The maximum absolute atomic E-state index is 9.36. The fourth-order valence-electron chi connectivity index (χ4n) is 0. The second-order valence-electron chi connectivity index (χ2n) is 0.983. The van der Waals surface area contributed by atoms with E-state index in [0.29, 0.717) is 6.54 Å². The topological polar surface area (TPSA) is 43.1 Å². The van der Waals surface area contributed by atoms with E-state index in [9.17, 15) is 4.79 Å². The average molecular weight is 237 g/mol. The average Bonchev–Trinajstić information content (AvgIpc) is 1.65. The van der Waals surface area contributed by atoms with E-state index < -0.39 is 0 Å². The molecule has 0 aromatic heterocycles. The van der Waals surface area contributed by atoms with Crippen molar-refractivity contribution in [3.05, 3.63) is 0 Å². The molecule has 0 heterocycles. The molecule has 0 radical (unpaired) electrons. The quantitative estimate of drug-likeness (QED) is 0.531. The van der Waals surface area contributed by atoms with Crippen molar-refractivity contribution in [2.24, 2.45) is 5.73 Å². The summed E-state index contributed by atoms with van der Waals surface area (Å²) in [6, 6.07) is 0. The number of nitrogens with two attached hydrogens (primary N) is 1. The van der Waals surface area contributed by atoms with Gasteiger partial charge in [0.15, 0.2) is 4.69 Å². The minimum absolute atomic E-state index is 0. The number of hydrogen-bond acceptors (Lipinski definition) is 3. The monoisotopic (exact) mass is 235 g/mol. The lowest BCUT2D eigenvalue weighted by Crippen LogP contribution is -1.97. The molecule has 0 spiro atoms. The van der Waals surface area contributed by atoms with Crippen LogP contribution in [-0.2, 0) is 4.79 Å². The van der Waals surface area contributed by atoms with Crippen LogP contribution in [0.3, 0.4) is 0 Å². The van der Waals surface area contributed by atoms with Gasteiger partial charge in [-0.05, 0) is 15.9 Å². The summed E-state index contributed by atoms with van der Waals surface area (Å²) in [6.45, 7) is 2.13. The zero-order valence-corrected chi connectivity index (χ0v) is 8.43. The highest BCUT2D eigenvalue weighted by Gasteiger charge is 1.66. The lowest BCUT2D eigenvalue weighted by atomic mass is 10.8. The van der Waals surface area contributed by atoms with Crippen LogP contribution in [0.5, 0.6) is 0 Å². The highest BCUT2D eigenvalue weighted by Crippen LogP contribution is 1.74. The summed E-state index contributed by atoms with van der Waals surface area (Å²) < 4.78 is -0.0208. The summed E-state index contributed by atoms with van der Waals surface area (Å²) >= 11 is 6.43. The highest BCUT2D eigenvalue weighted by molar-refractivity contribution is 9.18. The van der Waals surface area contributed by atoms with Gasteiger partial charge in [-0.15, -0.1) is 12.4 Å². The van der Waals surface area contributed by atoms with E-state index in [1.54, 1.807) is 0 Å². The number of carbonyl (C=O) groups is 1. The third-order valence-electron chi connectivity index (χ3n) is 0.129. The second kappa shape index (κ2) is 15.9. The molecule has 0 aromatic rings. The molecule has 9 heavy (non-hydrogen) atoms. The van der Waals surface area contributed by atoms with Gasteiger partial charge in [-0.25, -0.2) is 0 Å². The van der Waals surface area contributed by atoms with Crippen molar-refractivity contribution in [2.45, 2.75) is 6.92 Å². The Morgan fingerprint density at radius 1 is 1.78 bits per heavy atom. The number of rotatable bonds is 1. The van der Waals surface area contributed by atoms with Crippen molar-refractivity contribution < 1.29 is 4.79 Å². The van der Waals surface area contributed by atoms with Gasteiger partial charge in [0.2, 0.25) is 0 Å². The molecule has 0 unspecified atom stereocenters. The summed E-state index contributed by atoms with van der Waals surface area (Å²) in [5.41, 5.74) is 4.95. The minimum atomic E-state index is -0.0208. The van der Waals surface area contributed by atoms with Gasteiger partial charge in [0.05, 0.1) is 0 Å². The van der Waals surface area contributed by atoms with Gasteiger partial charge in [-0.1, -0.05) is 0 Å². The second-order valence-corrected chi connectivity index (χ2v) is 2.55. The first-order chi connectivity index (χ1) is 3.65. The molecule has 5 heteroatoms. The van der Waals surface area contributed by atoms with E-state index in [4.69, 9.17) is 5.73 Å². The molecule has 58 valence electrons. The van der Waals surface area contributed by atoms with Crippen LogP contribution in [0.15, 0.2) is 0 Å². The predicted octanol–water partition coefficient (Wildman–Crippen LogP) is 1.22. The largest absolute Gasteiger partial charge is 0.330 e. The SMILES string of the molecule is CC(=O)Br.Cl.NCCS. The molecule has 0 saturated heterocycles. The molecule has 2 N–H and O–H groups in total. The number of hydrogen-bond donors (Lipinski definition) is 2. The van der Waals surface area contributed by atoms with Crippen LogP contribution in [0.4, 0.5) is 0 Å². The molecule has 0 saturated carbocycles. The molecule has 0 bridgehead atoms. The molecule has 0 aliphatic carbocycles. The fourth-order valence-corrected chi connectivity index (χ4v) is 0. The van der Waals surface area contributed by atoms with Crippen molar-refractivity contribution in [1.82, 2.24) is 0 Å². The first kappa shape index (κ1) is 16.4. The molecular weight excluding hydrogens is 225 g/mol. The number of thiol groups is 1. The van der Waals surface area contributed by atoms with Crippen LogP contribution in [0.1, 0.15) is 6.92 Å². The van der Waals surface area contributed by atoms with Crippen LogP contribution < -0.4 is 5.73 Å². The Bertz CT molecular complexity index is 58.5. The van der Waals surface area contributed by atoms with Gasteiger partial charge >= 0.3 is 0 Å². The zero-order valence-electron chi connectivity index (χ0n) is 5.13. The van der Waals surface area contributed by atoms with E-state index in [1.807, 2.05) is 0 Å². The molecule has 0 fully saturated rings. The first-order valence-electron chi connectivity index (χ1n) is 2.12. The van der Waals surface area contributed by atoms with Crippen LogP contribution >= 0.6 is 41.0 Å². The predicted molar refractivity (Wildman–Crippen MR) is 49.8 cm³/mol. The van der Waals surface area contributed by atoms with Crippen LogP contribution in [0, 0.1) is 0 Å². The molecule has 0 aliphatic rings.